The zero-order chi connectivity index (χ0) is 14.0. The molecule has 0 bridgehead atoms. The Labute approximate surface area is 111 Å². The van der Waals surface area contributed by atoms with Gasteiger partial charge in [0.15, 0.2) is 0 Å². The average molecular weight is 264 g/mol. The van der Waals surface area contributed by atoms with Crippen LogP contribution >= 0.6 is 0 Å². The Morgan fingerprint density at radius 1 is 1.37 bits per heavy atom. The van der Waals surface area contributed by atoms with Crippen molar-refractivity contribution >= 4 is 11.8 Å². The van der Waals surface area contributed by atoms with Gasteiger partial charge in [-0.2, -0.15) is 0 Å². The molecule has 0 radical (unpaired) electrons. The third kappa shape index (κ3) is 2.64. The van der Waals surface area contributed by atoms with Crippen LogP contribution in [0.4, 0.5) is 0 Å². The van der Waals surface area contributed by atoms with Crippen LogP contribution in [0.1, 0.15) is 34.1 Å². The van der Waals surface area contributed by atoms with E-state index < -0.39 is 11.5 Å². The van der Waals surface area contributed by atoms with E-state index in [0.717, 1.165) is 4.90 Å². The molecule has 0 fully saturated rings. The zero-order valence-corrected chi connectivity index (χ0v) is 10.9. The van der Waals surface area contributed by atoms with E-state index in [2.05, 4.69) is 4.98 Å². The van der Waals surface area contributed by atoms with E-state index in [4.69, 9.17) is 4.74 Å². The van der Waals surface area contributed by atoms with Gasteiger partial charge in [0.1, 0.15) is 0 Å². The summed E-state index contributed by atoms with van der Waals surface area (Å²) in [7, 11) is 1.53. The first-order valence-corrected chi connectivity index (χ1v) is 5.98. The minimum Gasteiger partial charge on any atom is -0.388 e. The molecule has 2 heterocycles. The number of hydrogen-bond acceptors (Lipinski definition) is 5. The largest absolute Gasteiger partial charge is 0.388 e. The summed E-state index contributed by atoms with van der Waals surface area (Å²) in [5.41, 5.74) is -0.547. The number of rotatable bonds is 5. The fourth-order valence-electron chi connectivity index (χ4n) is 2.02. The lowest BCUT2D eigenvalue weighted by molar-refractivity contribution is -0.000291. The molecule has 1 aliphatic rings. The van der Waals surface area contributed by atoms with Gasteiger partial charge in [0, 0.05) is 32.5 Å². The van der Waals surface area contributed by atoms with E-state index in [1.54, 1.807) is 6.92 Å². The Balaban J connectivity index is 2.16. The van der Waals surface area contributed by atoms with Gasteiger partial charge in [0.2, 0.25) is 0 Å². The molecule has 0 spiro atoms. The number of imide groups is 1. The molecule has 0 aliphatic carbocycles. The number of nitrogens with zero attached hydrogens (tertiary/aromatic N) is 2. The highest BCUT2D eigenvalue weighted by molar-refractivity contribution is 6.21. The second kappa shape index (κ2) is 5.07. The Bertz CT molecular complexity index is 478. The number of β-amino-alcohol motifs (C(OH)–C–C–N with tert-alkyl or cyclic N) is 1. The van der Waals surface area contributed by atoms with Crippen molar-refractivity contribution in [2.24, 2.45) is 0 Å². The first-order valence-electron chi connectivity index (χ1n) is 5.98. The first kappa shape index (κ1) is 13.6. The quantitative estimate of drug-likeness (QED) is 0.782. The fraction of sp³-hybridized carbons (Fsp3) is 0.462. The molecule has 2 rings (SSSR count). The fourth-order valence-corrected chi connectivity index (χ4v) is 2.02. The second-order valence-corrected chi connectivity index (χ2v) is 4.86. The molecular weight excluding hydrogens is 248 g/mol. The smallest absolute Gasteiger partial charge is 0.263 e. The maximum Gasteiger partial charge on any atom is 0.263 e. The van der Waals surface area contributed by atoms with E-state index in [1.807, 2.05) is 0 Å². The van der Waals surface area contributed by atoms with Crippen LogP contribution < -0.4 is 0 Å². The van der Waals surface area contributed by atoms with E-state index in [9.17, 15) is 14.7 Å². The second-order valence-electron chi connectivity index (χ2n) is 4.86. The monoisotopic (exact) mass is 264 g/mol. The van der Waals surface area contributed by atoms with E-state index in [0.29, 0.717) is 18.6 Å². The molecule has 1 aromatic heterocycles. The molecule has 6 nitrogen and oxygen atoms in total. The lowest BCUT2D eigenvalue weighted by atomic mass is 10.0. The average Bonchev–Trinajstić information content (AvgIpc) is 2.62. The number of aromatic nitrogens is 1. The molecule has 102 valence electrons. The summed E-state index contributed by atoms with van der Waals surface area (Å²) in [4.78, 5) is 29.1. The van der Waals surface area contributed by atoms with Crippen molar-refractivity contribution in [1.29, 1.82) is 0 Å². The van der Waals surface area contributed by atoms with Gasteiger partial charge >= 0.3 is 0 Å². The van der Waals surface area contributed by atoms with Crippen molar-refractivity contribution in [3.63, 3.8) is 0 Å². The Morgan fingerprint density at radius 3 is 2.68 bits per heavy atom. The number of aliphatic hydroxyl groups is 1. The van der Waals surface area contributed by atoms with E-state index in [1.165, 1.54) is 25.6 Å². The highest BCUT2D eigenvalue weighted by Crippen LogP contribution is 2.24. The molecule has 0 aromatic carbocycles. The van der Waals surface area contributed by atoms with Gasteiger partial charge in [0.05, 0.1) is 23.3 Å². The normalized spacial score (nSPS) is 17.5. The van der Waals surface area contributed by atoms with Gasteiger partial charge in [-0.05, 0) is 13.0 Å². The Morgan fingerprint density at radius 2 is 2.05 bits per heavy atom. The molecule has 6 heteroatoms. The minimum atomic E-state index is -1.17. The van der Waals surface area contributed by atoms with Gasteiger partial charge in [-0.1, -0.05) is 0 Å². The lowest BCUT2D eigenvalue weighted by Crippen LogP contribution is -2.44. The van der Waals surface area contributed by atoms with Crippen LogP contribution in [0, 0.1) is 0 Å². The van der Waals surface area contributed by atoms with Crippen LogP contribution in [-0.4, -0.2) is 52.7 Å². The Kier molecular flexibility index (Phi) is 3.64. The van der Waals surface area contributed by atoms with Crippen molar-refractivity contribution in [2.45, 2.75) is 18.9 Å². The summed E-state index contributed by atoms with van der Waals surface area (Å²) in [6.07, 6.45) is 3.19. The topological polar surface area (TPSA) is 79.7 Å². The van der Waals surface area contributed by atoms with E-state index >= 15 is 0 Å². The standard InChI is InChI=1S/C13H16N2O4/c1-13(18,4-6-19-2)8-15-11(16)9-3-5-14-7-10(9)12(15)17/h3,5,7,18H,4,6,8H2,1-2H3. The van der Waals surface area contributed by atoms with Crippen LogP contribution in [0.5, 0.6) is 0 Å². The van der Waals surface area contributed by atoms with Crippen molar-refractivity contribution in [3.05, 3.63) is 29.6 Å². The molecule has 1 aliphatic heterocycles. The molecule has 0 saturated heterocycles. The van der Waals surface area contributed by atoms with Crippen LogP contribution in [0.15, 0.2) is 18.5 Å². The van der Waals surface area contributed by atoms with Gasteiger partial charge in [-0.25, -0.2) is 0 Å². The molecule has 1 atom stereocenters. The van der Waals surface area contributed by atoms with Gasteiger partial charge in [-0.3, -0.25) is 19.5 Å². The molecule has 1 unspecified atom stereocenters. The summed E-state index contributed by atoms with van der Waals surface area (Å²) >= 11 is 0. The number of fused-ring (bicyclic) bond motifs is 1. The van der Waals surface area contributed by atoms with Crippen molar-refractivity contribution in [2.75, 3.05) is 20.3 Å². The molecule has 2 amide bonds. The summed E-state index contributed by atoms with van der Waals surface area (Å²) in [5, 5.41) is 10.2. The first-order chi connectivity index (χ1) is 8.96. The van der Waals surface area contributed by atoms with E-state index in [-0.39, 0.29) is 18.0 Å². The number of ether oxygens (including phenoxy) is 1. The predicted octanol–water partition coefficient (Wildman–Crippen LogP) is 0.465. The van der Waals surface area contributed by atoms with Crippen molar-refractivity contribution in [3.8, 4) is 0 Å². The molecule has 1 aromatic rings. The lowest BCUT2D eigenvalue weighted by Gasteiger charge is -2.27. The van der Waals surface area contributed by atoms with Crippen molar-refractivity contribution in [1.82, 2.24) is 9.88 Å². The summed E-state index contributed by atoms with van der Waals surface area (Å²) < 4.78 is 4.90. The number of pyridine rings is 1. The number of carbonyl (C=O) groups is 2. The predicted molar refractivity (Wildman–Crippen MR) is 66.7 cm³/mol. The summed E-state index contributed by atoms with van der Waals surface area (Å²) in [6.45, 7) is 1.88. The van der Waals surface area contributed by atoms with Crippen LogP contribution in [0.3, 0.4) is 0 Å². The molecule has 0 saturated carbocycles. The van der Waals surface area contributed by atoms with Crippen LogP contribution in [0.2, 0.25) is 0 Å². The summed E-state index contributed by atoms with van der Waals surface area (Å²) in [5.74, 6) is -0.800. The minimum absolute atomic E-state index is 0.0529. The maximum absolute atomic E-state index is 12.1. The number of amides is 2. The number of carbonyl (C=O) groups excluding carboxylic acids is 2. The molecular formula is C13H16N2O4. The zero-order valence-electron chi connectivity index (χ0n) is 10.9. The molecule has 19 heavy (non-hydrogen) atoms. The van der Waals surface area contributed by atoms with Crippen LogP contribution in [0.25, 0.3) is 0 Å². The summed E-state index contributed by atoms with van der Waals surface area (Å²) in [6, 6.07) is 1.51. The van der Waals surface area contributed by atoms with Gasteiger partial charge < -0.3 is 9.84 Å². The Hall–Kier alpha value is -1.79. The maximum atomic E-state index is 12.1. The van der Waals surface area contributed by atoms with Gasteiger partial charge in [-0.15, -0.1) is 0 Å². The highest BCUT2D eigenvalue weighted by Gasteiger charge is 2.39. The van der Waals surface area contributed by atoms with Crippen molar-refractivity contribution < 1.29 is 19.4 Å². The number of hydrogen-bond donors (Lipinski definition) is 1. The van der Waals surface area contributed by atoms with Crippen LogP contribution in [-0.2, 0) is 4.74 Å². The molecule has 1 N–H and O–H groups in total. The highest BCUT2D eigenvalue weighted by atomic mass is 16.5. The van der Waals surface area contributed by atoms with Gasteiger partial charge in [0.25, 0.3) is 11.8 Å². The third-order valence-corrected chi connectivity index (χ3v) is 3.12. The SMILES string of the molecule is COCCC(C)(O)CN1C(=O)c2ccncc2C1=O. The number of methoxy groups -OCH3 is 1. The third-order valence-electron chi connectivity index (χ3n) is 3.12.